The fourth-order valence-corrected chi connectivity index (χ4v) is 5.58. The van der Waals surface area contributed by atoms with Gasteiger partial charge in [-0.05, 0) is 49.9 Å². The van der Waals surface area contributed by atoms with Crippen LogP contribution in [0.5, 0.6) is 23.0 Å². The third-order valence-electron chi connectivity index (χ3n) is 7.60. The van der Waals surface area contributed by atoms with E-state index in [2.05, 4.69) is 13.8 Å². The molecule has 3 heterocycles. The highest BCUT2D eigenvalue weighted by Gasteiger charge is 2.46. The van der Waals surface area contributed by atoms with Gasteiger partial charge in [-0.25, -0.2) is 0 Å². The van der Waals surface area contributed by atoms with E-state index in [0.717, 1.165) is 27.8 Å². The second-order valence-electron chi connectivity index (χ2n) is 9.20. The Bertz CT molecular complexity index is 1090. The monoisotopic (exact) mass is 426 g/mol. The lowest BCUT2D eigenvalue weighted by atomic mass is 9.77. The molecule has 5 rings (SSSR count). The predicted octanol–water partition coefficient (Wildman–Crippen LogP) is 5.60. The SMILES string of the molecule is CO[C@@H]1O[C@H](C)[C@@H](C)c2c(C)c3c(c(O)c21)[C@@H]1O[C@H](C)[C@@H](C)c2c(C)c(O)cc(c21)O3. The Hall–Kier alpha value is -2.28. The average Bonchev–Trinajstić information content (AvgIpc) is 2.73. The van der Waals surface area contributed by atoms with Crippen LogP contribution in [0.4, 0.5) is 0 Å². The van der Waals surface area contributed by atoms with E-state index in [0.29, 0.717) is 22.6 Å². The Balaban J connectivity index is 1.83. The van der Waals surface area contributed by atoms with Crippen LogP contribution in [0.3, 0.4) is 0 Å². The van der Waals surface area contributed by atoms with Crippen molar-refractivity contribution in [3.63, 3.8) is 0 Å². The van der Waals surface area contributed by atoms with Crippen molar-refractivity contribution in [2.75, 3.05) is 7.11 Å². The number of phenolic OH excluding ortho intramolecular Hbond substituents is 2. The summed E-state index contributed by atoms with van der Waals surface area (Å²) in [4.78, 5) is 0. The minimum atomic E-state index is -0.660. The molecule has 3 aliphatic heterocycles. The molecule has 0 bridgehead atoms. The molecule has 0 aromatic heterocycles. The molecular formula is C25H30O6. The summed E-state index contributed by atoms with van der Waals surface area (Å²) >= 11 is 0. The first-order valence-electron chi connectivity index (χ1n) is 10.9. The van der Waals surface area contributed by atoms with Gasteiger partial charge >= 0.3 is 0 Å². The first-order valence-corrected chi connectivity index (χ1v) is 10.9. The third-order valence-corrected chi connectivity index (χ3v) is 7.60. The van der Waals surface area contributed by atoms with E-state index in [1.165, 1.54) is 0 Å². The minimum absolute atomic E-state index is 0.0517. The van der Waals surface area contributed by atoms with Crippen LogP contribution in [0.2, 0.25) is 0 Å². The fraction of sp³-hybridized carbons (Fsp3) is 0.520. The summed E-state index contributed by atoms with van der Waals surface area (Å²) in [5.41, 5.74) is 5.93. The van der Waals surface area contributed by atoms with Crippen LogP contribution in [0.15, 0.2) is 6.07 Å². The second-order valence-corrected chi connectivity index (χ2v) is 9.20. The molecule has 2 aromatic carbocycles. The highest BCUT2D eigenvalue weighted by Crippen LogP contribution is 2.60. The molecule has 166 valence electrons. The van der Waals surface area contributed by atoms with Crippen LogP contribution in [0.25, 0.3) is 0 Å². The van der Waals surface area contributed by atoms with Crippen molar-refractivity contribution in [1.82, 2.24) is 0 Å². The molecule has 0 fully saturated rings. The molecule has 0 spiro atoms. The van der Waals surface area contributed by atoms with Crippen molar-refractivity contribution >= 4 is 0 Å². The van der Waals surface area contributed by atoms with Crippen molar-refractivity contribution in [2.45, 2.75) is 78.0 Å². The fourth-order valence-electron chi connectivity index (χ4n) is 5.58. The van der Waals surface area contributed by atoms with Crippen LogP contribution in [0.1, 0.15) is 90.9 Å². The van der Waals surface area contributed by atoms with E-state index < -0.39 is 12.4 Å². The molecule has 0 amide bonds. The van der Waals surface area contributed by atoms with E-state index in [4.69, 9.17) is 18.9 Å². The maximum atomic E-state index is 11.6. The molecule has 0 saturated heterocycles. The quantitative estimate of drug-likeness (QED) is 0.618. The number of hydrogen-bond acceptors (Lipinski definition) is 6. The van der Waals surface area contributed by atoms with Gasteiger partial charge in [0.2, 0.25) is 0 Å². The number of rotatable bonds is 1. The number of fused-ring (bicyclic) bond motifs is 3. The van der Waals surface area contributed by atoms with Gasteiger partial charge in [-0.3, -0.25) is 0 Å². The normalized spacial score (nSPS) is 30.8. The van der Waals surface area contributed by atoms with Crippen LogP contribution in [0, 0.1) is 13.8 Å². The van der Waals surface area contributed by atoms with Crippen molar-refractivity contribution in [2.24, 2.45) is 0 Å². The van der Waals surface area contributed by atoms with Gasteiger partial charge in [0.1, 0.15) is 29.1 Å². The summed E-state index contributed by atoms with van der Waals surface area (Å²) < 4.78 is 24.5. The maximum Gasteiger partial charge on any atom is 0.187 e. The lowest BCUT2D eigenvalue weighted by Gasteiger charge is -2.43. The standard InChI is InChI=1S/C25H30O6/c1-9-13(5)29-24-19-16(8-15(26)11(3)17(9)19)31-23-12(4)18-10(2)14(6)30-25(28-7)20(18)22(27)21(23)24/h8-10,13-14,24-27H,1-7H3/t9-,10-,13-,14-,24-,25-/m1/s1. The van der Waals surface area contributed by atoms with Gasteiger partial charge in [0, 0.05) is 30.6 Å². The van der Waals surface area contributed by atoms with E-state index in [1.54, 1.807) is 13.2 Å². The largest absolute Gasteiger partial charge is 0.508 e. The summed E-state index contributed by atoms with van der Waals surface area (Å²) in [7, 11) is 1.59. The van der Waals surface area contributed by atoms with Gasteiger partial charge in [0.15, 0.2) is 6.29 Å². The number of phenols is 2. The lowest BCUT2D eigenvalue weighted by molar-refractivity contribution is -0.170. The third kappa shape index (κ3) is 2.62. The summed E-state index contributed by atoms with van der Waals surface area (Å²) in [6, 6.07) is 1.67. The molecular weight excluding hydrogens is 396 g/mol. The Labute approximate surface area is 182 Å². The van der Waals surface area contributed by atoms with Crippen LogP contribution in [-0.2, 0) is 14.2 Å². The molecule has 2 N–H and O–H groups in total. The summed E-state index contributed by atoms with van der Waals surface area (Å²) in [6.45, 7) is 12.1. The lowest BCUT2D eigenvalue weighted by Crippen LogP contribution is -2.33. The average molecular weight is 427 g/mol. The highest BCUT2D eigenvalue weighted by atomic mass is 16.7. The molecule has 0 saturated carbocycles. The number of hydrogen-bond donors (Lipinski definition) is 2. The Morgan fingerprint density at radius 2 is 1.42 bits per heavy atom. The number of benzene rings is 2. The molecule has 3 aliphatic rings. The van der Waals surface area contributed by atoms with Crippen molar-refractivity contribution in [3.05, 3.63) is 45.0 Å². The summed E-state index contributed by atoms with van der Waals surface area (Å²) in [5.74, 6) is 1.64. The van der Waals surface area contributed by atoms with Gasteiger partial charge in [-0.2, -0.15) is 0 Å². The molecule has 0 radical (unpaired) electrons. The maximum absolute atomic E-state index is 11.6. The Kier molecular flexibility index (Phi) is 4.56. The molecule has 31 heavy (non-hydrogen) atoms. The van der Waals surface area contributed by atoms with Crippen molar-refractivity contribution in [1.29, 1.82) is 0 Å². The number of ether oxygens (including phenoxy) is 4. The van der Waals surface area contributed by atoms with Crippen molar-refractivity contribution in [3.8, 4) is 23.0 Å². The van der Waals surface area contributed by atoms with E-state index in [9.17, 15) is 10.2 Å². The van der Waals surface area contributed by atoms with Gasteiger partial charge in [0.05, 0.1) is 23.3 Å². The second kappa shape index (κ2) is 6.86. The summed E-state index contributed by atoms with van der Waals surface area (Å²) in [6.07, 6.45) is -1.32. The zero-order valence-corrected chi connectivity index (χ0v) is 19.1. The first kappa shape index (κ1) is 20.6. The molecule has 6 heteroatoms. The van der Waals surface area contributed by atoms with E-state index in [-0.39, 0.29) is 35.5 Å². The highest BCUT2D eigenvalue weighted by molar-refractivity contribution is 5.69. The number of methoxy groups -OCH3 is 1. The van der Waals surface area contributed by atoms with Gasteiger partial charge in [-0.15, -0.1) is 0 Å². The van der Waals surface area contributed by atoms with Crippen LogP contribution in [-0.4, -0.2) is 29.5 Å². The van der Waals surface area contributed by atoms with Gasteiger partial charge < -0.3 is 29.2 Å². The van der Waals surface area contributed by atoms with Gasteiger partial charge in [0.25, 0.3) is 0 Å². The Morgan fingerprint density at radius 3 is 2.06 bits per heavy atom. The van der Waals surface area contributed by atoms with E-state index in [1.807, 2.05) is 27.7 Å². The minimum Gasteiger partial charge on any atom is -0.508 e. The topological polar surface area (TPSA) is 77.4 Å². The Morgan fingerprint density at radius 1 is 0.806 bits per heavy atom. The molecule has 6 nitrogen and oxygen atoms in total. The predicted molar refractivity (Wildman–Crippen MR) is 115 cm³/mol. The van der Waals surface area contributed by atoms with Crippen LogP contribution < -0.4 is 4.74 Å². The smallest absolute Gasteiger partial charge is 0.187 e. The van der Waals surface area contributed by atoms with E-state index >= 15 is 0 Å². The zero-order chi connectivity index (χ0) is 22.4. The van der Waals surface area contributed by atoms with Gasteiger partial charge in [-0.1, -0.05) is 13.8 Å². The molecule has 0 unspecified atom stereocenters. The first-order chi connectivity index (χ1) is 14.7. The summed E-state index contributed by atoms with van der Waals surface area (Å²) in [5, 5.41) is 22.2. The van der Waals surface area contributed by atoms with Crippen LogP contribution >= 0.6 is 0 Å². The molecule has 0 aliphatic carbocycles. The molecule has 6 atom stereocenters. The number of aromatic hydroxyl groups is 2. The molecule has 2 aromatic rings. The zero-order valence-electron chi connectivity index (χ0n) is 19.1. The van der Waals surface area contributed by atoms with Crippen molar-refractivity contribution < 1.29 is 29.2 Å².